The van der Waals surface area contributed by atoms with Crippen LogP contribution in [0.4, 0.5) is 0 Å². The maximum absolute atomic E-state index is 6.62. The number of hydrogen-bond acceptors (Lipinski definition) is 3. The van der Waals surface area contributed by atoms with Gasteiger partial charge < -0.3 is 13.9 Å². The van der Waals surface area contributed by atoms with Crippen LogP contribution in [0, 0.1) is 20.8 Å². The van der Waals surface area contributed by atoms with Gasteiger partial charge in [-0.3, -0.25) is 0 Å². The van der Waals surface area contributed by atoms with E-state index >= 15 is 0 Å². The van der Waals surface area contributed by atoms with Gasteiger partial charge in [0.1, 0.15) is 11.5 Å². The minimum Gasteiger partial charge on any atom is -0.493 e. The minimum absolute atomic E-state index is 0.271. The summed E-state index contributed by atoms with van der Waals surface area (Å²) >= 11 is 6.62. The Balaban J connectivity index is 2.45. The average molecular weight is 295 g/mol. The molecule has 0 aliphatic heterocycles. The van der Waals surface area contributed by atoms with Gasteiger partial charge in [0.2, 0.25) is 0 Å². The molecule has 1 atom stereocenters. The van der Waals surface area contributed by atoms with Gasteiger partial charge in [0.15, 0.2) is 11.5 Å². The fourth-order valence-corrected chi connectivity index (χ4v) is 2.81. The van der Waals surface area contributed by atoms with Crippen molar-refractivity contribution in [1.82, 2.24) is 0 Å². The second-order valence-corrected chi connectivity index (χ2v) is 5.17. The lowest BCUT2D eigenvalue weighted by Crippen LogP contribution is -1.98. The molecule has 2 aromatic rings. The third-order valence-electron chi connectivity index (χ3n) is 3.57. The average Bonchev–Trinajstić information content (AvgIpc) is 2.70. The number of methoxy groups -OCH3 is 2. The van der Waals surface area contributed by atoms with Gasteiger partial charge in [0, 0.05) is 5.56 Å². The smallest absolute Gasteiger partial charge is 0.161 e. The van der Waals surface area contributed by atoms with Crippen LogP contribution in [0.2, 0.25) is 0 Å². The topological polar surface area (TPSA) is 31.6 Å². The van der Waals surface area contributed by atoms with Gasteiger partial charge in [-0.2, -0.15) is 0 Å². The summed E-state index contributed by atoms with van der Waals surface area (Å²) in [4.78, 5) is 0. The summed E-state index contributed by atoms with van der Waals surface area (Å²) in [5, 5.41) is -0.271. The molecule has 4 heteroatoms. The SMILES string of the molecule is COc1ccc(C(Cl)c2c(C)oc(C)c2C)cc1OC. The summed E-state index contributed by atoms with van der Waals surface area (Å²) in [7, 11) is 3.23. The normalized spacial score (nSPS) is 12.3. The van der Waals surface area contributed by atoms with E-state index in [1.807, 2.05) is 39.0 Å². The number of rotatable bonds is 4. The molecule has 0 saturated heterocycles. The molecule has 0 aliphatic rings. The number of hydrogen-bond donors (Lipinski definition) is 0. The monoisotopic (exact) mass is 294 g/mol. The van der Waals surface area contributed by atoms with Crippen molar-refractivity contribution in [3.63, 3.8) is 0 Å². The number of benzene rings is 1. The molecule has 1 unspecified atom stereocenters. The first-order chi connectivity index (χ1) is 9.49. The lowest BCUT2D eigenvalue weighted by Gasteiger charge is -2.14. The Hall–Kier alpha value is -1.61. The summed E-state index contributed by atoms with van der Waals surface area (Å²) in [6.45, 7) is 5.91. The predicted molar refractivity (Wildman–Crippen MR) is 80.2 cm³/mol. The number of halogens is 1. The highest BCUT2D eigenvalue weighted by Crippen LogP contribution is 2.39. The van der Waals surface area contributed by atoms with E-state index in [0.717, 1.165) is 28.2 Å². The van der Waals surface area contributed by atoms with Crippen molar-refractivity contribution >= 4 is 11.6 Å². The zero-order valence-corrected chi connectivity index (χ0v) is 13.2. The third kappa shape index (κ3) is 2.50. The Kier molecular flexibility index (Phi) is 4.29. The highest BCUT2D eigenvalue weighted by molar-refractivity contribution is 6.22. The van der Waals surface area contributed by atoms with Crippen molar-refractivity contribution in [3.8, 4) is 11.5 Å². The summed E-state index contributed by atoms with van der Waals surface area (Å²) in [5.74, 6) is 3.13. The van der Waals surface area contributed by atoms with Gasteiger partial charge >= 0.3 is 0 Å². The number of alkyl halides is 1. The van der Waals surface area contributed by atoms with Gasteiger partial charge in [0.05, 0.1) is 19.6 Å². The maximum Gasteiger partial charge on any atom is 0.161 e. The molecule has 0 N–H and O–H groups in total. The largest absolute Gasteiger partial charge is 0.493 e. The van der Waals surface area contributed by atoms with Crippen molar-refractivity contribution in [2.45, 2.75) is 26.1 Å². The van der Waals surface area contributed by atoms with Crippen LogP contribution < -0.4 is 9.47 Å². The summed E-state index contributed by atoms with van der Waals surface area (Å²) in [5.41, 5.74) is 3.07. The molecule has 108 valence electrons. The molecule has 0 aliphatic carbocycles. The van der Waals surface area contributed by atoms with Crippen LogP contribution in [0.1, 0.15) is 33.6 Å². The molecule has 0 saturated carbocycles. The van der Waals surface area contributed by atoms with E-state index in [4.69, 9.17) is 25.5 Å². The molecular weight excluding hydrogens is 276 g/mol. The van der Waals surface area contributed by atoms with Crippen LogP contribution in [0.3, 0.4) is 0 Å². The fourth-order valence-electron chi connectivity index (χ4n) is 2.36. The van der Waals surface area contributed by atoms with E-state index < -0.39 is 0 Å². The zero-order valence-electron chi connectivity index (χ0n) is 12.4. The predicted octanol–water partition coefficient (Wildman–Crippen LogP) is 4.55. The molecule has 0 radical (unpaired) electrons. The number of ether oxygens (including phenoxy) is 2. The van der Waals surface area contributed by atoms with Gasteiger partial charge in [-0.1, -0.05) is 6.07 Å². The van der Waals surface area contributed by atoms with Crippen LogP contribution >= 0.6 is 11.6 Å². The zero-order chi connectivity index (χ0) is 14.9. The first-order valence-electron chi connectivity index (χ1n) is 6.42. The van der Waals surface area contributed by atoms with E-state index in [1.54, 1.807) is 14.2 Å². The van der Waals surface area contributed by atoms with Crippen molar-refractivity contribution in [1.29, 1.82) is 0 Å². The second kappa shape index (κ2) is 5.80. The second-order valence-electron chi connectivity index (χ2n) is 4.73. The molecule has 1 aromatic carbocycles. The van der Waals surface area contributed by atoms with Crippen molar-refractivity contribution in [2.24, 2.45) is 0 Å². The lowest BCUT2D eigenvalue weighted by atomic mass is 10.0. The van der Waals surface area contributed by atoms with Gasteiger partial charge in [-0.15, -0.1) is 11.6 Å². The Morgan fingerprint density at radius 3 is 2.15 bits per heavy atom. The Bertz CT molecular complexity index is 616. The molecule has 0 fully saturated rings. The molecule has 20 heavy (non-hydrogen) atoms. The van der Waals surface area contributed by atoms with Crippen LogP contribution in [0.5, 0.6) is 11.5 Å². The van der Waals surface area contributed by atoms with Crippen molar-refractivity contribution < 1.29 is 13.9 Å². The summed E-state index contributed by atoms with van der Waals surface area (Å²) in [6, 6.07) is 5.71. The number of aryl methyl sites for hydroxylation is 2. The standard InChI is InChI=1S/C16H19ClO3/c1-9-10(2)20-11(3)15(9)16(17)12-6-7-13(18-4)14(8-12)19-5/h6-8,16H,1-5H3. The minimum atomic E-state index is -0.271. The van der Waals surface area contributed by atoms with Crippen LogP contribution in [-0.2, 0) is 0 Å². The van der Waals surface area contributed by atoms with E-state index in [2.05, 4.69) is 0 Å². The number of furan rings is 1. The maximum atomic E-state index is 6.62. The van der Waals surface area contributed by atoms with Crippen molar-refractivity contribution in [2.75, 3.05) is 14.2 Å². The van der Waals surface area contributed by atoms with Gasteiger partial charge in [-0.25, -0.2) is 0 Å². The molecule has 2 rings (SSSR count). The molecular formula is C16H19ClO3. The fraction of sp³-hybridized carbons (Fsp3) is 0.375. The van der Waals surface area contributed by atoms with E-state index in [1.165, 1.54) is 0 Å². The van der Waals surface area contributed by atoms with Crippen LogP contribution in [0.15, 0.2) is 22.6 Å². The summed E-state index contributed by atoms with van der Waals surface area (Å²) < 4.78 is 16.2. The Morgan fingerprint density at radius 2 is 1.65 bits per heavy atom. The highest BCUT2D eigenvalue weighted by atomic mass is 35.5. The molecule has 1 aromatic heterocycles. The molecule has 3 nitrogen and oxygen atoms in total. The highest BCUT2D eigenvalue weighted by Gasteiger charge is 2.21. The first kappa shape index (κ1) is 14.8. The lowest BCUT2D eigenvalue weighted by molar-refractivity contribution is 0.354. The Morgan fingerprint density at radius 1 is 1.00 bits per heavy atom. The Labute approximate surface area is 124 Å². The van der Waals surface area contributed by atoms with E-state index in [0.29, 0.717) is 11.5 Å². The first-order valence-corrected chi connectivity index (χ1v) is 6.85. The quantitative estimate of drug-likeness (QED) is 0.775. The van der Waals surface area contributed by atoms with Gasteiger partial charge in [0.25, 0.3) is 0 Å². The molecule has 1 heterocycles. The van der Waals surface area contributed by atoms with E-state index in [-0.39, 0.29) is 5.38 Å². The third-order valence-corrected chi connectivity index (χ3v) is 4.04. The van der Waals surface area contributed by atoms with Crippen molar-refractivity contribution in [3.05, 3.63) is 46.4 Å². The van der Waals surface area contributed by atoms with Crippen LogP contribution in [0.25, 0.3) is 0 Å². The molecule has 0 amide bonds. The molecule has 0 spiro atoms. The van der Waals surface area contributed by atoms with E-state index in [9.17, 15) is 0 Å². The molecule has 0 bridgehead atoms. The van der Waals surface area contributed by atoms with Crippen LogP contribution in [-0.4, -0.2) is 14.2 Å². The summed E-state index contributed by atoms with van der Waals surface area (Å²) in [6.07, 6.45) is 0. The van der Waals surface area contributed by atoms with Gasteiger partial charge in [-0.05, 0) is 44.0 Å².